The van der Waals surface area contributed by atoms with Gasteiger partial charge in [0.25, 0.3) is 0 Å². The third-order valence-corrected chi connectivity index (χ3v) is 5.50. The molecule has 0 saturated carbocycles. The van der Waals surface area contributed by atoms with Gasteiger partial charge in [-0.1, -0.05) is 18.2 Å². The average Bonchev–Trinajstić information content (AvgIpc) is 2.89. The summed E-state index contributed by atoms with van der Waals surface area (Å²) in [6.45, 7) is 0.323. The average molecular weight is 543 g/mol. The van der Waals surface area contributed by atoms with Crippen molar-refractivity contribution in [1.82, 2.24) is 0 Å². The first kappa shape index (κ1) is 29.1. The number of esters is 2. The fourth-order valence-electron chi connectivity index (χ4n) is 3.43. The van der Waals surface area contributed by atoms with E-state index in [0.717, 1.165) is 5.56 Å². The van der Waals surface area contributed by atoms with E-state index < -0.39 is 24.5 Å². The number of hydrogen-bond acceptors (Lipinski definition) is 7. The highest BCUT2D eigenvalue weighted by Gasteiger charge is 2.25. The molecule has 39 heavy (non-hydrogen) atoms. The molecule has 0 amide bonds. The van der Waals surface area contributed by atoms with E-state index in [1.807, 2.05) is 0 Å². The molecule has 0 saturated heterocycles. The van der Waals surface area contributed by atoms with Crippen LogP contribution in [0.2, 0.25) is 0 Å². The van der Waals surface area contributed by atoms with Crippen molar-refractivity contribution < 1.29 is 37.0 Å². The van der Waals surface area contributed by atoms with Crippen molar-refractivity contribution in [1.29, 1.82) is 0 Å². The van der Waals surface area contributed by atoms with Gasteiger partial charge in [0, 0.05) is 30.3 Å². The second-order valence-electron chi connectivity index (χ2n) is 8.61. The van der Waals surface area contributed by atoms with Crippen molar-refractivity contribution in [3.63, 3.8) is 0 Å². The van der Waals surface area contributed by atoms with Crippen LogP contribution in [0.1, 0.15) is 40.7 Å². The third kappa shape index (κ3) is 10.4. The SMILES string of the molecule is Nc1ccc(CCOC(=O)/C=C/c2ccc(C(=O)Oc3ccc(OCCCCC(F)(F)F)cc3)cc2)c(N)c1. The quantitative estimate of drug-likeness (QED) is 0.0951. The van der Waals surface area contributed by atoms with E-state index in [1.54, 1.807) is 60.7 Å². The van der Waals surface area contributed by atoms with Crippen LogP contribution in [0, 0.1) is 0 Å². The predicted octanol–water partition coefficient (Wildman–Crippen LogP) is 5.98. The van der Waals surface area contributed by atoms with Crippen molar-refractivity contribution in [2.75, 3.05) is 24.7 Å². The summed E-state index contributed by atoms with van der Waals surface area (Å²) in [6.07, 6.45) is -1.40. The smallest absolute Gasteiger partial charge is 0.389 e. The van der Waals surface area contributed by atoms with Crippen LogP contribution in [0.25, 0.3) is 6.08 Å². The molecule has 0 heterocycles. The Labute approximate surface area is 224 Å². The number of halogens is 3. The topological polar surface area (TPSA) is 114 Å². The number of anilines is 2. The summed E-state index contributed by atoms with van der Waals surface area (Å²) in [5.41, 5.74) is 14.5. The van der Waals surface area contributed by atoms with E-state index in [-0.39, 0.29) is 31.8 Å². The molecule has 0 aromatic heterocycles. The Morgan fingerprint density at radius 2 is 1.54 bits per heavy atom. The summed E-state index contributed by atoms with van der Waals surface area (Å²) < 4.78 is 52.4. The number of hydrogen-bond donors (Lipinski definition) is 2. The summed E-state index contributed by atoms with van der Waals surface area (Å²) in [6, 6.07) is 17.8. The Bertz CT molecular complexity index is 1270. The molecule has 0 aliphatic rings. The van der Waals surface area contributed by atoms with Crippen molar-refractivity contribution in [3.05, 3.63) is 89.5 Å². The summed E-state index contributed by atoms with van der Waals surface area (Å²) in [5, 5.41) is 0. The second-order valence-corrected chi connectivity index (χ2v) is 8.61. The van der Waals surface area contributed by atoms with E-state index in [1.165, 1.54) is 18.2 Å². The van der Waals surface area contributed by atoms with Gasteiger partial charge in [-0.25, -0.2) is 9.59 Å². The van der Waals surface area contributed by atoms with Gasteiger partial charge in [0.2, 0.25) is 0 Å². The molecule has 0 atom stereocenters. The number of ether oxygens (including phenoxy) is 3. The van der Waals surface area contributed by atoms with Gasteiger partial charge in [0.15, 0.2) is 0 Å². The molecule has 3 aromatic rings. The Morgan fingerprint density at radius 1 is 0.846 bits per heavy atom. The Morgan fingerprint density at radius 3 is 2.21 bits per heavy atom. The number of unbranched alkanes of at least 4 members (excludes halogenated alkanes) is 1. The van der Waals surface area contributed by atoms with Crippen LogP contribution < -0.4 is 20.9 Å². The molecule has 0 radical (unpaired) electrons. The molecular formula is C29H29F3N2O5. The van der Waals surface area contributed by atoms with E-state index in [0.29, 0.717) is 34.7 Å². The van der Waals surface area contributed by atoms with E-state index >= 15 is 0 Å². The molecule has 0 bridgehead atoms. The lowest BCUT2D eigenvalue weighted by Crippen LogP contribution is -2.08. The van der Waals surface area contributed by atoms with Crippen LogP contribution in [0.15, 0.2) is 72.8 Å². The van der Waals surface area contributed by atoms with Gasteiger partial charge in [0.05, 0.1) is 18.8 Å². The summed E-state index contributed by atoms with van der Waals surface area (Å²) >= 11 is 0. The van der Waals surface area contributed by atoms with Crippen molar-refractivity contribution >= 4 is 29.4 Å². The molecule has 0 unspecified atom stereocenters. The van der Waals surface area contributed by atoms with Crippen LogP contribution in [0.3, 0.4) is 0 Å². The standard InChI is InChI=1S/C29H29F3N2O5/c30-29(31,32)16-1-2-17-37-24-10-12-25(13-11-24)39-28(36)22-6-3-20(4-7-22)5-14-27(35)38-18-15-21-8-9-23(33)19-26(21)34/h3-14,19H,1-2,15-18,33-34H2/b14-5+. The third-order valence-electron chi connectivity index (χ3n) is 5.50. The monoisotopic (exact) mass is 542 g/mol. The maximum atomic E-state index is 12.4. The number of carbonyl (C=O) groups is 2. The zero-order valence-corrected chi connectivity index (χ0v) is 21.1. The number of benzene rings is 3. The van der Waals surface area contributed by atoms with Crippen molar-refractivity contribution in [2.24, 2.45) is 0 Å². The number of nitrogen functional groups attached to an aromatic ring is 2. The Kier molecular flexibility index (Phi) is 10.4. The van der Waals surface area contributed by atoms with Crippen molar-refractivity contribution in [2.45, 2.75) is 31.9 Å². The van der Waals surface area contributed by atoms with Crippen molar-refractivity contribution in [3.8, 4) is 11.5 Å². The van der Waals surface area contributed by atoms with Crippen LogP contribution >= 0.6 is 0 Å². The lowest BCUT2D eigenvalue weighted by Gasteiger charge is -2.09. The second kappa shape index (κ2) is 13.9. The van der Waals surface area contributed by atoms with Crippen LogP contribution in [0.5, 0.6) is 11.5 Å². The van der Waals surface area contributed by atoms with Gasteiger partial charge >= 0.3 is 18.1 Å². The van der Waals surface area contributed by atoms with Crippen LogP contribution in [-0.2, 0) is 16.0 Å². The normalized spacial score (nSPS) is 11.4. The Hall–Kier alpha value is -4.47. The maximum Gasteiger partial charge on any atom is 0.389 e. The maximum absolute atomic E-state index is 12.4. The van der Waals surface area contributed by atoms with Gasteiger partial charge in [-0.2, -0.15) is 13.2 Å². The van der Waals surface area contributed by atoms with Crippen LogP contribution in [-0.4, -0.2) is 31.3 Å². The van der Waals surface area contributed by atoms with Gasteiger partial charge in [-0.15, -0.1) is 0 Å². The molecule has 0 spiro atoms. The summed E-state index contributed by atoms with van der Waals surface area (Å²) in [7, 11) is 0. The molecule has 7 nitrogen and oxygen atoms in total. The van der Waals surface area contributed by atoms with Gasteiger partial charge in [-0.05, 0) is 78.6 Å². The van der Waals surface area contributed by atoms with Gasteiger partial charge < -0.3 is 25.7 Å². The highest BCUT2D eigenvalue weighted by atomic mass is 19.4. The number of alkyl halides is 3. The number of carbonyl (C=O) groups excluding carboxylic acids is 2. The number of nitrogens with two attached hydrogens (primary N) is 2. The zero-order chi connectivity index (χ0) is 28.3. The highest BCUT2D eigenvalue weighted by Crippen LogP contribution is 2.23. The highest BCUT2D eigenvalue weighted by molar-refractivity contribution is 5.91. The molecule has 0 aliphatic carbocycles. The molecule has 3 rings (SSSR count). The van der Waals surface area contributed by atoms with Gasteiger partial charge in [-0.3, -0.25) is 0 Å². The predicted molar refractivity (Wildman–Crippen MR) is 142 cm³/mol. The molecule has 3 aromatic carbocycles. The minimum Gasteiger partial charge on any atom is -0.494 e. The van der Waals surface area contributed by atoms with E-state index in [4.69, 9.17) is 25.7 Å². The molecule has 10 heteroatoms. The molecular weight excluding hydrogens is 513 g/mol. The van der Waals surface area contributed by atoms with Gasteiger partial charge in [0.1, 0.15) is 11.5 Å². The molecule has 4 N–H and O–H groups in total. The fraction of sp³-hybridized carbons (Fsp3) is 0.241. The largest absolute Gasteiger partial charge is 0.494 e. The van der Waals surface area contributed by atoms with E-state index in [9.17, 15) is 22.8 Å². The minimum atomic E-state index is -4.16. The molecule has 206 valence electrons. The first-order valence-corrected chi connectivity index (χ1v) is 12.2. The molecule has 0 aliphatic heterocycles. The first-order chi connectivity index (χ1) is 18.6. The minimum absolute atomic E-state index is 0.000892. The fourth-order valence-corrected chi connectivity index (χ4v) is 3.43. The summed E-state index contributed by atoms with van der Waals surface area (Å²) in [4.78, 5) is 24.4. The lowest BCUT2D eigenvalue weighted by molar-refractivity contribution is -0.138. The lowest BCUT2D eigenvalue weighted by atomic mass is 10.1. The number of rotatable bonds is 12. The van der Waals surface area contributed by atoms with Crippen LogP contribution in [0.4, 0.5) is 24.5 Å². The molecule has 0 fully saturated rings. The first-order valence-electron chi connectivity index (χ1n) is 12.2. The summed E-state index contributed by atoms with van der Waals surface area (Å²) in [5.74, 6) is -0.336. The zero-order valence-electron chi connectivity index (χ0n) is 21.1. The van der Waals surface area contributed by atoms with E-state index in [2.05, 4.69) is 0 Å². The Balaban J connectivity index is 1.40.